The second-order valence-electron chi connectivity index (χ2n) is 4.79. The fourth-order valence-corrected chi connectivity index (χ4v) is 2.36. The lowest BCUT2D eigenvalue weighted by Crippen LogP contribution is -2.48. The van der Waals surface area contributed by atoms with Crippen LogP contribution in [0.15, 0.2) is 0 Å². The first-order valence-corrected chi connectivity index (χ1v) is 5.86. The summed E-state index contributed by atoms with van der Waals surface area (Å²) in [4.78, 5) is 22.9. The van der Waals surface area contributed by atoms with Gasteiger partial charge in [-0.2, -0.15) is 0 Å². The summed E-state index contributed by atoms with van der Waals surface area (Å²) in [5.74, 6) is -1.60. The predicted molar refractivity (Wildman–Crippen MR) is 61.3 cm³/mol. The molecule has 0 aromatic heterocycles. The van der Waals surface area contributed by atoms with Gasteiger partial charge in [-0.1, -0.05) is 19.3 Å². The Kier molecular flexibility index (Phi) is 4.89. The van der Waals surface area contributed by atoms with Crippen molar-refractivity contribution in [3.63, 3.8) is 0 Å². The second-order valence-corrected chi connectivity index (χ2v) is 4.79. The van der Waals surface area contributed by atoms with Gasteiger partial charge < -0.3 is 15.9 Å². The topological polar surface area (TPSA) is 104 Å². The molecule has 0 radical (unpaired) electrons. The number of aliphatic hydroxyl groups is 1. The van der Waals surface area contributed by atoms with Crippen molar-refractivity contribution in [2.45, 2.75) is 37.7 Å². The number of carbonyl (C=O) groups is 2. The van der Waals surface area contributed by atoms with Crippen LogP contribution in [0.25, 0.3) is 0 Å². The normalized spacial score (nSPS) is 19.2. The third-order valence-electron chi connectivity index (χ3n) is 3.04. The molecular weight excluding hydrogens is 224 g/mol. The van der Waals surface area contributed by atoms with Gasteiger partial charge in [0.1, 0.15) is 0 Å². The van der Waals surface area contributed by atoms with Gasteiger partial charge in [0.05, 0.1) is 18.7 Å². The number of hydrogen-bond donors (Lipinski definition) is 3. The van der Waals surface area contributed by atoms with Gasteiger partial charge in [0.2, 0.25) is 5.91 Å². The SMILES string of the molecule is NC(=O)CN(CC(=O)O)CC1(O)CCCCC1. The molecule has 6 heteroatoms. The van der Waals surface area contributed by atoms with Gasteiger partial charge >= 0.3 is 5.97 Å². The van der Waals surface area contributed by atoms with E-state index < -0.39 is 17.5 Å². The monoisotopic (exact) mass is 244 g/mol. The summed E-state index contributed by atoms with van der Waals surface area (Å²) in [6.45, 7) is -0.206. The Labute approximate surface area is 100 Å². The molecule has 0 aliphatic heterocycles. The van der Waals surface area contributed by atoms with Crippen molar-refractivity contribution in [1.29, 1.82) is 0 Å². The number of primary amides is 1. The Hall–Kier alpha value is -1.14. The number of carbonyl (C=O) groups excluding carboxylic acids is 1. The molecule has 1 aliphatic carbocycles. The van der Waals surface area contributed by atoms with Gasteiger partial charge in [-0.05, 0) is 12.8 Å². The lowest BCUT2D eigenvalue weighted by atomic mass is 9.84. The molecule has 98 valence electrons. The number of amides is 1. The maximum atomic E-state index is 10.8. The predicted octanol–water partition coefficient (Wildman–Crippen LogP) is -0.447. The van der Waals surface area contributed by atoms with Crippen LogP contribution in [0.3, 0.4) is 0 Å². The van der Waals surface area contributed by atoms with Gasteiger partial charge in [0, 0.05) is 6.54 Å². The lowest BCUT2D eigenvalue weighted by Gasteiger charge is -2.36. The number of rotatable bonds is 6. The van der Waals surface area contributed by atoms with Crippen LogP contribution < -0.4 is 5.73 Å². The zero-order valence-electron chi connectivity index (χ0n) is 9.89. The van der Waals surface area contributed by atoms with Crippen LogP contribution in [0.1, 0.15) is 32.1 Å². The number of carboxylic acid groups (broad SMARTS) is 1. The molecule has 0 aromatic carbocycles. The van der Waals surface area contributed by atoms with Gasteiger partial charge in [-0.15, -0.1) is 0 Å². The highest BCUT2D eigenvalue weighted by molar-refractivity contribution is 5.77. The van der Waals surface area contributed by atoms with Crippen molar-refractivity contribution in [1.82, 2.24) is 4.90 Å². The molecule has 1 rings (SSSR count). The lowest BCUT2D eigenvalue weighted by molar-refractivity contribution is -0.139. The van der Waals surface area contributed by atoms with Crippen molar-refractivity contribution >= 4 is 11.9 Å². The highest BCUT2D eigenvalue weighted by atomic mass is 16.4. The molecule has 1 aliphatic rings. The van der Waals surface area contributed by atoms with Gasteiger partial charge in [-0.25, -0.2) is 0 Å². The number of hydrogen-bond acceptors (Lipinski definition) is 4. The average Bonchev–Trinajstić information content (AvgIpc) is 2.15. The van der Waals surface area contributed by atoms with Crippen molar-refractivity contribution in [3.8, 4) is 0 Å². The minimum absolute atomic E-state index is 0.130. The summed E-state index contributed by atoms with van der Waals surface area (Å²) in [6, 6.07) is 0. The van der Waals surface area contributed by atoms with E-state index in [-0.39, 0.29) is 19.6 Å². The maximum Gasteiger partial charge on any atom is 0.317 e. The first kappa shape index (κ1) is 13.9. The Morgan fingerprint density at radius 1 is 1.18 bits per heavy atom. The van der Waals surface area contributed by atoms with Crippen LogP contribution in [0, 0.1) is 0 Å². The van der Waals surface area contributed by atoms with E-state index >= 15 is 0 Å². The van der Waals surface area contributed by atoms with E-state index in [2.05, 4.69) is 0 Å². The molecule has 1 fully saturated rings. The molecule has 1 amide bonds. The molecule has 0 spiro atoms. The van der Waals surface area contributed by atoms with Crippen LogP contribution in [0.5, 0.6) is 0 Å². The van der Waals surface area contributed by atoms with Crippen molar-refractivity contribution in [3.05, 3.63) is 0 Å². The molecule has 1 saturated carbocycles. The summed E-state index contributed by atoms with van der Waals surface area (Å²) in [7, 11) is 0. The molecule has 0 saturated heterocycles. The first-order chi connectivity index (χ1) is 7.91. The average molecular weight is 244 g/mol. The minimum Gasteiger partial charge on any atom is -0.480 e. The quantitative estimate of drug-likeness (QED) is 0.587. The maximum absolute atomic E-state index is 10.8. The number of aliphatic carboxylic acids is 1. The van der Waals surface area contributed by atoms with Gasteiger partial charge in [0.25, 0.3) is 0 Å². The Balaban J connectivity index is 2.56. The molecule has 0 aromatic rings. The number of nitrogens with two attached hydrogens (primary N) is 1. The molecule has 0 unspecified atom stereocenters. The van der Waals surface area contributed by atoms with E-state index in [0.717, 1.165) is 19.3 Å². The highest BCUT2D eigenvalue weighted by Gasteiger charge is 2.32. The van der Waals surface area contributed by atoms with E-state index in [0.29, 0.717) is 12.8 Å². The Bertz CT molecular complexity index is 271. The molecular formula is C11H20N2O4. The second kappa shape index (κ2) is 5.97. The molecule has 6 nitrogen and oxygen atoms in total. The van der Waals surface area contributed by atoms with Gasteiger partial charge in [0.15, 0.2) is 0 Å². The first-order valence-electron chi connectivity index (χ1n) is 5.86. The zero-order valence-corrected chi connectivity index (χ0v) is 9.89. The molecule has 0 bridgehead atoms. The standard InChI is InChI=1S/C11H20N2O4/c12-9(14)6-13(7-10(15)16)8-11(17)4-2-1-3-5-11/h17H,1-8H2,(H2,12,14)(H,15,16). The fraction of sp³-hybridized carbons (Fsp3) is 0.818. The molecule has 0 atom stereocenters. The van der Waals surface area contributed by atoms with E-state index in [1.54, 1.807) is 0 Å². The van der Waals surface area contributed by atoms with Crippen molar-refractivity contribution in [2.75, 3.05) is 19.6 Å². The Morgan fingerprint density at radius 2 is 1.76 bits per heavy atom. The summed E-state index contributed by atoms with van der Waals surface area (Å²) in [5.41, 5.74) is 4.19. The van der Waals surface area contributed by atoms with Crippen molar-refractivity contribution < 1.29 is 19.8 Å². The van der Waals surface area contributed by atoms with Crippen LogP contribution in [0.2, 0.25) is 0 Å². The minimum atomic E-state index is -1.02. The fourth-order valence-electron chi connectivity index (χ4n) is 2.36. The molecule has 4 N–H and O–H groups in total. The summed E-state index contributed by atoms with van der Waals surface area (Å²) >= 11 is 0. The zero-order chi connectivity index (χ0) is 12.9. The van der Waals surface area contributed by atoms with E-state index in [1.807, 2.05) is 0 Å². The van der Waals surface area contributed by atoms with Gasteiger partial charge in [-0.3, -0.25) is 14.5 Å². The van der Waals surface area contributed by atoms with E-state index in [4.69, 9.17) is 10.8 Å². The smallest absolute Gasteiger partial charge is 0.317 e. The number of carboxylic acids is 1. The van der Waals surface area contributed by atoms with Crippen molar-refractivity contribution in [2.24, 2.45) is 5.73 Å². The van der Waals surface area contributed by atoms with E-state index in [1.165, 1.54) is 4.90 Å². The van der Waals surface area contributed by atoms with Crippen LogP contribution in [0.4, 0.5) is 0 Å². The largest absolute Gasteiger partial charge is 0.480 e. The third kappa shape index (κ3) is 5.14. The summed E-state index contributed by atoms with van der Waals surface area (Å²) in [5, 5.41) is 19.0. The highest BCUT2D eigenvalue weighted by Crippen LogP contribution is 2.28. The van der Waals surface area contributed by atoms with Crippen LogP contribution in [-0.2, 0) is 9.59 Å². The van der Waals surface area contributed by atoms with E-state index in [9.17, 15) is 14.7 Å². The Morgan fingerprint density at radius 3 is 2.24 bits per heavy atom. The molecule has 17 heavy (non-hydrogen) atoms. The third-order valence-corrected chi connectivity index (χ3v) is 3.04. The summed E-state index contributed by atoms with van der Waals surface area (Å²) < 4.78 is 0. The van der Waals surface area contributed by atoms with Crippen LogP contribution in [-0.4, -0.2) is 52.2 Å². The summed E-state index contributed by atoms with van der Waals surface area (Å²) in [6.07, 6.45) is 4.28. The van der Waals surface area contributed by atoms with Crippen LogP contribution >= 0.6 is 0 Å². The molecule has 0 heterocycles. The number of nitrogens with zero attached hydrogens (tertiary/aromatic N) is 1.